The van der Waals surface area contributed by atoms with Gasteiger partial charge in [0.25, 0.3) is 0 Å². The van der Waals surface area contributed by atoms with Crippen LogP contribution in [0.4, 0.5) is 0 Å². The molecule has 144 valence electrons. The number of pyridine rings is 1. The summed E-state index contributed by atoms with van der Waals surface area (Å²) in [5, 5.41) is 1.21. The molecule has 0 bridgehead atoms. The molecule has 0 radical (unpaired) electrons. The summed E-state index contributed by atoms with van der Waals surface area (Å²) < 4.78 is 0. The summed E-state index contributed by atoms with van der Waals surface area (Å²) in [6, 6.07) is 4.14. The van der Waals surface area contributed by atoms with E-state index in [0.717, 1.165) is 45.6 Å². The van der Waals surface area contributed by atoms with Crippen LogP contribution in [-0.4, -0.2) is 45.3 Å². The van der Waals surface area contributed by atoms with Crippen molar-refractivity contribution in [3.05, 3.63) is 45.7 Å². The predicted octanol–water partition coefficient (Wildman–Crippen LogP) is 3.56. The largest absolute Gasteiger partial charge is 0.337 e. The molecule has 4 rings (SSSR count). The quantitative estimate of drug-likeness (QED) is 0.812. The molecular weight excluding hydrogens is 356 g/mol. The summed E-state index contributed by atoms with van der Waals surface area (Å²) in [5.74, 6) is 0.617. The molecule has 1 amide bonds. The van der Waals surface area contributed by atoms with E-state index in [1.165, 1.54) is 21.1 Å². The first-order valence-electron chi connectivity index (χ1n) is 9.84. The first-order valence-corrected chi connectivity index (χ1v) is 10.7. The molecule has 0 atom stereocenters. The highest BCUT2D eigenvalue weighted by molar-refractivity contribution is 7.11. The van der Waals surface area contributed by atoms with Crippen LogP contribution < -0.4 is 0 Å². The second-order valence-corrected chi connectivity index (χ2v) is 9.39. The number of fused-ring (bicyclic) bond motifs is 2. The molecule has 2 aliphatic rings. The van der Waals surface area contributed by atoms with Crippen LogP contribution in [0.1, 0.15) is 60.7 Å². The van der Waals surface area contributed by atoms with E-state index in [1.807, 2.05) is 34.7 Å². The molecule has 0 saturated carbocycles. The zero-order valence-corrected chi connectivity index (χ0v) is 17.3. The van der Waals surface area contributed by atoms with Crippen molar-refractivity contribution in [3.63, 3.8) is 0 Å². The SMILES string of the molecule is CC(=O)N1Cc2sc(C(C)C)nc2C2(CCN(Cc3cccnc3)CC2)C1. The second-order valence-electron chi connectivity index (χ2n) is 8.27. The molecule has 27 heavy (non-hydrogen) atoms. The van der Waals surface area contributed by atoms with Crippen LogP contribution in [0.3, 0.4) is 0 Å². The van der Waals surface area contributed by atoms with E-state index in [-0.39, 0.29) is 11.3 Å². The van der Waals surface area contributed by atoms with Gasteiger partial charge in [0.1, 0.15) is 0 Å². The number of carbonyl (C=O) groups is 1. The Bertz CT molecular complexity index is 809. The van der Waals surface area contributed by atoms with Crippen molar-refractivity contribution in [1.29, 1.82) is 0 Å². The number of hydrogen-bond acceptors (Lipinski definition) is 5. The van der Waals surface area contributed by atoms with Crippen LogP contribution in [-0.2, 0) is 23.3 Å². The van der Waals surface area contributed by atoms with Crippen LogP contribution in [0.5, 0.6) is 0 Å². The van der Waals surface area contributed by atoms with Crippen molar-refractivity contribution < 1.29 is 4.79 Å². The number of aromatic nitrogens is 2. The lowest BCUT2D eigenvalue weighted by atomic mass is 9.73. The van der Waals surface area contributed by atoms with Gasteiger partial charge in [-0.3, -0.25) is 14.7 Å². The van der Waals surface area contributed by atoms with E-state index in [1.54, 1.807) is 6.92 Å². The summed E-state index contributed by atoms with van der Waals surface area (Å²) in [6.45, 7) is 10.7. The van der Waals surface area contributed by atoms with Gasteiger partial charge in [-0.05, 0) is 37.6 Å². The normalized spacial score (nSPS) is 19.5. The predicted molar refractivity (Wildman–Crippen MR) is 108 cm³/mol. The molecule has 2 aromatic rings. The van der Waals surface area contributed by atoms with Crippen molar-refractivity contribution in [3.8, 4) is 0 Å². The Balaban J connectivity index is 1.56. The minimum Gasteiger partial charge on any atom is -0.337 e. The van der Waals surface area contributed by atoms with Gasteiger partial charge in [0, 0.05) is 48.6 Å². The van der Waals surface area contributed by atoms with Gasteiger partial charge >= 0.3 is 0 Å². The minimum atomic E-state index is 0.0222. The lowest BCUT2D eigenvalue weighted by molar-refractivity contribution is -0.131. The van der Waals surface area contributed by atoms with Gasteiger partial charge in [0.15, 0.2) is 0 Å². The van der Waals surface area contributed by atoms with E-state index >= 15 is 0 Å². The van der Waals surface area contributed by atoms with Gasteiger partial charge in [-0.25, -0.2) is 4.98 Å². The molecule has 2 aromatic heterocycles. The topological polar surface area (TPSA) is 49.3 Å². The fourth-order valence-electron chi connectivity index (χ4n) is 4.31. The standard InChI is InChI=1S/C21H28N4OS/c1-15(2)20-23-19-18(27-20)13-25(16(3)26)14-21(19)6-9-24(10-7-21)12-17-5-4-8-22-11-17/h4-5,8,11,15H,6-7,9-10,12-14H2,1-3H3. The fourth-order valence-corrected chi connectivity index (χ4v) is 5.52. The van der Waals surface area contributed by atoms with E-state index in [2.05, 4.69) is 29.8 Å². The summed E-state index contributed by atoms with van der Waals surface area (Å²) in [5.41, 5.74) is 2.57. The molecule has 0 N–H and O–H groups in total. The average Bonchev–Trinajstić information content (AvgIpc) is 3.10. The lowest BCUT2D eigenvalue weighted by Crippen LogP contribution is -2.52. The van der Waals surface area contributed by atoms with Crippen LogP contribution in [0, 0.1) is 0 Å². The monoisotopic (exact) mass is 384 g/mol. The maximum Gasteiger partial charge on any atom is 0.219 e. The Morgan fingerprint density at radius 1 is 1.33 bits per heavy atom. The third kappa shape index (κ3) is 3.65. The second kappa shape index (κ2) is 7.32. The van der Waals surface area contributed by atoms with Gasteiger partial charge in [0.05, 0.1) is 17.2 Å². The molecule has 0 aromatic carbocycles. The Morgan fingerprint density at radius 3 is 2.74 bits per heavy atom. The van der Waals surface area contributed by atoms with Crippen LogP contribution >= 0.6 is 11.3 Å². The molecule has 1 spiro atoms. The molecular formula is C21H28N4OS. The van der Waals surface area contributed by atoms with Crippen LogP contribution in [0.2, 0.25) is 0 Å². The molecule has 0 unspecified atom stereocenters. The number of nitrogens with zero attached hydrogens (tertiary/aromatic N) is 4. The average molecular weight is 385 g/mol. The number of thiazole rings is 1. The Kier molecular flexibility index (Phi) is 5.03. The van der Waals surface area contributed by atoms with Crippen LogP contribution in [0.15, 0.2) is 24.5 Å². The highest BCUT2D eigenvalue weighted by Crippen LogP contribution is 2.44. The van der Waals surface area contributed by atoms with E-state index in [9.17, 15) is 4.79 Å². The number of likely N-dealkylation sites (tertiary alicyclic amines) is 1. The van der Waals surface area contributed by atoms with Crippen LogP contribution in [0.25, 0.3) is 0 Å². The minimum absolute atomic E-state index is 0.0222. The summed E-state index contributed by atoms with van der Waals surface area (Å²) >= 11 is 1.81. The summed E-state index contributed by atoms with van der Waals surface area (Å²) in [6.07, 6.45) is 5.90. The number of amides is 1. The molecule has 6 heteroatoms. The highest BCUT2D eigenvalue weighted by Gasteiger charge is 2.45. The zero-order valence-electron chi connectivity index (χ0n) is 16.4. The van der Waals surface area contributed by atoms with Gasteiger partial charge < -0.3 is 4.90 Å². The van der Waals surface area contributed by atoms with Crippen molar-refractivity contribution in [2.75, 3.05) is 19.6 Å². The first-order chi connectivity index (χ1) is 13.0. The van der Waals surface area contributed by atoms with Crippen molar-refractivity contribution in [1.82, 2.24) is 19.8 Å². The van der Waals surface area contributed by atoms with Gasteiger partial charge in [-0.2, -0.15) is 0 Å². The molecule has 4 heterocycles. The molecule has 0 aliphatic carbocycles. The summed E-state index contributed by atoms with van der Waals surface area (Å²) in [7, 11) is 0. The van der Waals surface area contributed by atoms with E-state index < -0.39 is 0 Å². The van der Waals surface area contributed by atoms with Gasteiger partial charge in [-0.1, -0.05) is 19.9 Å². The molecule has 5 nitrogen and oxygen atoms in total. The van der Waals surface area contributed by atoms with Crippen molar-refractivity contribution in [2.45, 2.75) is 58.0 Å². The lowest BCUT2D eigenvalue weighted by Gasteiger charge is -2.46. The fraction of sp³-hybridized carbons (Fsp3) is 0.571. The van der Waals surface area contributed by atoms with Crippen molar-refractivity contribution >= 4 is 17.2 Å². The number of piperidine rings is 1. The maximum atomic E-state index is 12.2. The summed E-state index contributed by atoms with van der Waals surface area (Å²) in [4.78, 5) is 27.3. The van der Waals surface area contributed by atoms with Crippen molar-refractivity contribution in [2.24, 2.45) is 0 Å². The molecule has 1 saturated heterocycles. The number of hydrogen-bond donors (Lipinski definition) is 0. The zero-order chi connectivity index (χ0) is 19.0. The smallest absolute Gasteiger partial charge is 0.219 e. The van der Waals surface area contributed by atoms with E-state index in [4.69, 9.17) is 4.98 Å². The highest BCUT2D eigenvalue weighted by atomic mass is 32.1. The maximum absolute atomic E-state index is 12.2. The first kappa shape index (κ1) is 18.6. The Morgan fingerprint density at radius 2 is 2.11 bits per heavy atom. The number of carbonyl (C=O) groups excluding carboxylic acids is 1. The molecule has 1 fully saturated rings. The molecule has 2 aliphatic heterocycles. The Labute approximate surface area is 165 Å². The third-order valence-electron chi connectivity index (χ3n) is 5.93. The van der Waals surface area contributed by atoms with E-state index in [0.29, 0.717) is 5.92 Å². The third-order valence-corrected chi connectivity index (χ3v) is 7.27. The Hall–Kier alpha value is -1.79. The van der Waals surface area contributed by atoms with Gasteiger partial charge in [-0.15, -0.1) is 11.3 Å². The van der Waals surface area contributed by atoms with Gasteiger partial charge in [0.2, 0.25) is 5.91 Å². The number of rotatable bonds is 3.